The SMILES string of the molecule is CC(=O)c1ccc(-c2cc(Cl)c3c(c2)CC(CN(C)C(=O)/C=C/c2cccnc2)O3)s1.CC(=O)c1ccc(-c2cc(Cl)c3c(c2)CC(CNC(=O)/C=C/c2cccnc2)O3)s1.CI. The maximum absolute atomic E-state index is 12.5. The molecule has 6 heterocycles. The van der Waals surface area contributed by atoms with Crippen LogP contribution in [0.5, 0.6) is 11.5 Å². The second kappa shape index (κ2) is 22.4. The lowest BCUT2D eigenvalue weighted by Crippen LogP contribution is -2.35. The Balaban J connectivity index is 0.000000202. The van der Waals surface area contributed by atoms with Crippen molar-refractivity contribution in [2.75, 3.05) is 25.1 Å². The Kier molecular flexibility index (Phi) is 16.8. The molecule has 2 aliphatic heterocycles. The Bertz CT molecular complexity index is 2650. The highest BCUT2D eigenvalue weighted by molar-refractivity contribution is 14.1. The lowest BCUT2D eigenvalue weighted by molar-refractivity contribution is -0.125. The number of alkyl halides is 1. The van der Waals surface area contributed by atoms with E-state index < -0.39 is 0 Å². The number of thiophene rings is 2. The number of hydrogen-bond acceptors (Lipinski definition) is 10. The number of likely N-dealkylation sites (N-methyl/N-ethyl adjacent to an activating group) is 1. The van der Waals surface area contributed by atoms with Crippen LogP contribution in [0, 0.1) is 0 Å². The number of halogens is 3. The smallest absolute Gasteiger partial charge is 0.246 e. The number of amides is 2. The standard InChI is InChI=1S/C24H21ClN2O3S.C23H19ClN2O3S.CH3I/c1-15(28)21-6-7-22(31-21)17-10-18-11-19(30-24(18)20(25)12-17)14-27(2)23(29)8-5-16-4-3-9-26-13-16;1-14(27)20-5-6-21(30-20)16-9-17-10-18(29-23(17)19(24)11-16)13-26-22(28)7-4-15-3-2-8-25-12-15;1-2/h3-10,12-13,19H,11,14H2,1-2H3;2-9,11-12,18H,10,13H2,1H3,(H,26,28);1H3/b8-5+;7-4+;. The second-order valence-corrected chi connectivity index (χ2v) is 17.4. The quantitative estimate of drug-likeness (QED) is 0.0556. The van der Waals surface area contributed by atoms with Crippen molar-refractivity contribution in [2.45, 2.75) is 38.9 Å². The third kappa shape index (κ3) is 12.7. The van der Waals surface area contributed by atoms with Gasteiger partial charge in [-0.3, -0.25) is 29.1 Å². The van der Waals surface area contributed by atoms with E-state index in [1.807, 2.05) is 71.7 Å². The van der Waals surface area contributed by atoms with Crippen molar-refractivity contribution in [1.29, 1.82) is 0 Å². The van der Waals surface area contributed by atoms with E-state index in [1.165, 1.54) is 34.8 Å². The molecule has 6 aromatic rings. The van der Waals surface area contributed by atoms with Gasteiger partial charge in [0.2, 0.25) is 11.8 Å². The van der Waals surface area contributed by atoms with Gasteiger partial charge in [0.15, 0.2) is 11.6 Å². The fraction of sp³-hybridized carbons (Fsp3) is 0.208. The van der Waals surface area contributed by atoms with Gasteiger partial charge in [0.05, 0.1) is 32.9 Å². The van der Waals surface area contributed by atoms with Crippen molar-refractivity contribution < 1.29 is 28.7 Å². The molecule has 4 aromatic heterocycles. The van der Waals surface area contributed by atoms with E-state index in [2.05, 4.69) is 43.9 Å². The Hall–Kier alpha value is -5.19. The van der Waals surface area contributed by atoms with E-state index in [9.17, 15) is 19.2 Å². The van der Waals surface area contributed by atoms with Gasteiger partial charge in [0.1, 0.15) is 23.7 Å². The van der Waals surface area contributed by atoms with Gasteiger partial charge in [-0.15, -0.1) is 22.7 Å². The van der Waals surface area contributed by atoms with Crippen LogP contribution < -0.4 is 14.8 Å². The number of Topliss-reactive ketones (excluding diaryl/α,β-unsaturated/α-hetero) is 2. The molecule has 63 heavy (non-hydrogen) atoms. The van der Waals surface area contributed by atoms with E-state index >= 15 is 0 Å². The molecular weight excluding hydrogens is 990 g/mol. The number of carbonyl (C=O) groups excluding carboxylic acids is 4. The molecule has 0 saturated heterocycles. The van der Waals surface area contributed by atoms with Crippen molar-refractivity contribution >= 4 is 104 Å². The summed E-state index contributed by atoms with van der Waals surface area (Å²) < 4.78 is 12.0. The fourth-order valence-electron chi connectivity index (χ4n) is 6.72. The summed E-state index contributed by atoms with van der Waals surface area (Å²) in [7, 11) is 1.75. The number of aromatic nitrogens is 2. The average molecular weight is 1030 g/mol. The zero-order valence-electron chi connectivity index (χ0n) is 34.8. The third-order valence-corrected chi connectivity index (χ3v) is 12.8. The Morgan fingerprint density at radius 2 is 1.24 bits per heavy atom. The van der Waals surface area contributed by atoms with Crippen LogP contribution in [0.15, 0.2) is 110 Å². The van der Waals surface area contributed by atoms with Gasteiger partial charge >= 0.3 is 0 Å². The van der Waals surface area contributed by atoms with Gasteiger partial charge in [-0.05, 0) is 114 Å². The van der Waals surface area contributed by atoms with E-state index in [4.69, 9.17) is 32.7 Å². The van der Waals surface area contributed by atoms with Crippen molar-refractivity contribution in [1.82, 2.24) is 20.2 Å². The highest BCUT2D eigenvalue weighted by atomic mass is 127. The van der Waals surface area contributed by atoms with E-state index in [-0.39, 0.29) is 35.6 Å². The number of ether oxygens (including phenoxy) is 2. The summed E-state index contributed by atoms with van der Waals surface area (Å²) in [5, 5.41) is 3.93. The molecule has 2 aliphatic rings. The minimum absolute atomic E-state index is 0.0511. The molecule has 2 atom stereocenters. The molecule has 10 nitrogen and oxygen atoms in total. The molecule has 0 radical (unpaired) electrons. The number of pyridine rings is 2. The second-order valence-electron chi connectivity index (χ2n) is 14.4. The van der Waals surface area contributed by atoms with E-state index in [0.717, 1.165) is 52.9 Å². The molecule has 0 bridgehead atoms. The number of ketones is 2. The summed E-state index contributed by atoms with van der Waals surface area (Å²) in [6, 6.07) is 22.8. The van der Waals surface area contributed by atoms with Gasteiger partial charge < -0.3 is 19.7 Å². The highest BCUT2D eigenvalue weighted by Gasteiger charge is 2.29. The molecule has 0 saturated carbocycles. The third-order valence-electron chi connectivity index (χ3n) is 9.75. The zero-order valence-corrected chi connectivity index (χ0v) is 40.1. The van der Waals surface area contributed by atoms with Crippen LogP contribution in [0.4, 0.5) is 0 Å². The Morgan fingerprint density at radius 3 is 1.71 bits per heavy atom. The molecular formula is C48H43Cl2IN4O6S2. The highest BCUT2D eigenvalue weighted by Crippen LogP contribution is 2.42. The first-order valence-electron chi connectivity index (χ1n) is 19.7. The number of fused-ring (bicyclic) bond motifs is 2. The predicted octanol–water partition coefficient (Wildman–Crippen LogP) is 11.0. The summed E-state index contributed by atoms with van der Waals surface area (Å²) in [5.74, 6) is 1.14. The van der Waals surface area contributed by atoms with Gasteiger partial charge in [0.25, 0.3) is 0 Å². The summed E-state index contributed by atoms with van der Waals surface area (Å²) in [5.41, 5.74) is 5.67. The maximum atomic E-state index is 12.5. The minimum Gasteiger partial charge on any atom is -0.486 e. The van der Waals surface area contributed by atoms with Crippen LogP contribution in [0.25, 0.3) is 33.0 Å². The lowest BCUT2D eigenvalue weighted by Gasteiger charge is -2.19. The molecule has 2 unspecified atom stereocenters. The number of nitrogens with zero attached hydrogens (tertiary/aromatic N) is 3. The first kappa shape index (κ1) is 47.3. The molecule has 8 rings (SSSR count). The summed E-state index contributed by atoms with van der Waals surface area (Å²) in [4.78, 5) is 62.8. The Morgan fingerprint density at radius 1 is 0.746 bits per heavy atom. The predicted molar refractivity (Wildman–Crippen MR) is 263 cm³/mol. The fourth-order valence-corrected chi connectivity index (χ4v) is 9.07. The number of hydrogen-bond donors (Lipinski definition) is 1. The maximum Gasteiger partial charge on any atom is 0.246 e. The number of nitrogens with one attached hydrogen (secondary N) is 1. The molecule has 0 spiro atoms. The van der Waals surface area contributed by atoms with Crippen molar-refractivity contribution in [3.05, 3.63) is 152 Å². The molecule has 15 heteroatoms. The molecule has 0 aliphatic carbocycles. The summed E-state index contributed by atoms with van der Waals surface area (Å²) >= 11 is 18.0. The number of rotatable bonds is 12. The monoisotopic (exact) mass is 1030 g/mol. The molecule has 2 aromatic carbocycles. The lowest BCUT2D eigenvalue weighted by atomic mass is 10.1. The molecule has 324 valence electrons. The van der Waals surface area contributed by atoms with Crippen LogP contribution in [0.1, 0.15) is 55.4 Å². The molecule has 1 N–H and O–H groups in total. The van der Waals surface area contributed by atoms with Crippen LogP contribution in [0.2, 0.25) is 10.0 Å². The summed E-state index contributed by atoms with van der Waals surface area (Å²) in [6.07, 6.45) is 14.2. The van der Waals surface area contributed by atoms with Crippen molar-refractivity contribution in [3.8, 4) is 32.4 Å². The average Bonchev–Trinajstić information content (AvgIpc) is 4.12. The normalized spacial score (nSPS) is 14.7. The van der Waals surface area contributed by atoms with Crippen LogP contribution in [-0.2, 0) is 22.4 Å². The largest absolute Gasteiger partial charge is 0.486 e. The van der Waals surface area contributed by atoms with Crippen molar-refractivity contribution in [2.24, 2.45) is 0 Å². The van der Waals surface area contributed by atoms with E-state index in [1.54, 1.807) is 62.7 Å². The zero-order chi connectivity index (χ0) is 45.0. The minimum atomic E-state index is -0.194. The van der Waals surface area contributed by atoms with Crippen molar-refractivity contribution in [3.63, 3.8) is 0 Å². The van der Waals surface area contributed by atoms with E-state index in [0.29, 0.717) is 47.5 Å². The first-order chi connectivity index (χ1) is 30.4. The van der Waals surface area contributed by atoms with Crippen LogP contribution in [-0.4, -0.2) is 75.5 Å². The Labute approximate surface area is 398 Å². The van der Waals surface area contributed by atoms with Gasteiger partial charge in [-0.2, -0.15) is 0 Å². The number of benzene rings is 2. The van der Waals surface area contributed by atoms with Crippen LogP contribution >= 0.6 is 68.5 Å². The van der Waals surface area contributed by atoms with Crippen LogP contribution in [0.3, 0.4) is 0 Å². The van der Waals surface area contributed by atoms with Gasteiger partial charge in [-0.1, -0.05) is 57.9 Å². The van der Waals surface area contributed by atoms with Gasteiger partial charge in [0, 0.05) is 77.7 Å². The molecule has 2 amide bonds. The number of carbonyl (C=O) groups is 4. The first-order valence-corrected chi connectivity index (χ1v) is 24.2. The molecule has 0 fully saturated rings. The van der Waals surface area contributed by atoms with Gasteiger partial charge in [-0.25, -0.2) is 0 Å². The summed E-state index contributed by atoms with van der Waals surface area (Å²) in [6.45, 7) is 3.95. The topological polar surface area (TPSA) is 128 Å².